The van der Waals surface area contributed by atoms with Crippen LogP contribution in [-0.2, 0) is 23.1 Å². The maximum atomic E-state index is 13.6. The van der Waals surface area contributed by atoms with Crippen molar-refractivity contribution in [3.05, 3.63) is 84.2 Å². The first kappa shape index (κ1) is 24.7. The summed E-state index contributed by atoms with van der Waals surface area (Å²) in [6.45, 7) is 0.640. The van der Waals surface area contributed by atoms with Crippen LogP contribution in [0.15, 0.2) is 78.0 Å². The van der Waals surface area contributed by atoms with Crippen LogP contribution in [-0.4, -0.2) is 36.9 Å². The van der Waals surface area contributed by atoms with Crippen LogP contribution in [0.1, 0.15) is 36.8 Å². The Morgan fingerprint density at radius 1 is 1.03 bits per heavy atom. The molecule has 1 aliphatic carbocycles. The maximum Gasteiger partial charge on any atom is 0.319 e. The van der Waals surface area contributed by atoms with E-state index in [-0.39, 0.29) is 17.0 Å². The lowest BCUT2D eigenvalue weighted by atomic mass is 10.2. The SMILES string of the molecule is COc1ccc(CN(C2CCCC2)S(=O)(=O)c2ccc(NC(=O)NCc3cccnc3)cc2)cc1. The zero-order valence-electron chi connectivity index (χ0n) is 19.7. The Balaban J connectivity index is 1.45. The summed E-state index contributed by atoms with van der Waals surface area (Å²) in [4.78, 5) is 16.4. The molecule has 2 N–H and O–H groups in total. The monoisotopic (exact) mass is 494 g/mol. The number of hydrogen-bond donors (Lipinski definition) is 2. The number of amides is 2. The van der Waals surface area contributed by atoms with E-state index in [1.807, 2.05) is 30.3 Å². The van der Waals surface area contributed by atoms with E-state index in [9.17, 15) is 13.2 Å². The highest BCUT2D eigenvalue weighted by atomic mass is 32.2. The van der Waals surface area contributed by atoms with Gasteiger partial charge in [-0.15, -0.1) is 0 Å². The van der Waals surface area contributed by atoms with Gasteiger partial charge in [0.15, 0.2) is 0 Å². The van der Waals surface area contributed by atoms with Gasteiger partial charge in [-0.2, -0.15) is 4.31 Å². The number of pyridine rings is 1. The van der Waals surface area contributed by atoms with Crippen LogP contribution < -0.4 is 15.4 Å². The molecule has 8 nitrogen and oxygen atoms in total. The molecule has 2 amide bonds. The molecular formula is C26H30N4O4S. The van der Waals surface area contributed by atoms with Crippen molar-refractivity contribution in [1.82, 2.24) is 14.6 Å². The fourth-order valence-corrected chi connectivity index (χ4v) is 5.89. The molecule has 3 aromatic rings. The summed E-state index contributed by atoms with van der Waals surface area (Å²) < 4.78 is 34.1. The number of nitrogens with zero attached hydrogens (tertiary/aromatic N) is 2. The van der Waals surface area contributed by atoms with Crippen LogP contribution in [0.4, 0.5) is 10.5 Å². The number of carbonyl (C=O) groups excluding carboxylic acids is 1. The predicted octanol–water partition coefficient (Wildman–Crippen LogP) is 4.55. The highest BCUT2D eigenvalue weighted by Crippen LogP contribution is 2.31. The van der Waals surface area contributed by atoms with Gasteiger partial charge in [0, 0.05) is 37.2 Å². The van der Waals surface area contributed by atoms with Crippen LogP contribution in [0.3, 0.4) is 0 Å². The number of rotatable bonds is 9. The summed E-state index contributed by atoms with van der Waals surface area (Å²) in [5.74, 6) is 0.733. The van der Waals surface area contributed by atoms with Crippen molar-refractivity contribution in [3.63, 3.8) is 0 Å². The quantitative estimate of drug-likeness (QED) is 0.455. The van der Waals surface area contributed by atoms with E-state index in [2.05, 4.69) is 15.6 Å². The number of carbonyl (C=O) groups is 1. The minimum atomic E-state index is -3.72. The third kappa shape index (κ3) is 6.37. The van der Waals surface area contributed by atoms with E-state index in [1.165, 1.54) is 0 Å². The van der Waals surface area contributed by atoms with E-state index < -0.39 is 10.0 Å². The highest BCUT2D eigenvalue weighted by molar-refractivity contribution is 7.89. The number of benzene rings is 2. The number of nitrogens with one attached hydrogen (secondary N) is 2. The molecule has 0 radical (unpaired) electrons. The number of aromatic nitrogens is 1. The molecule has 0 atom stereocenters. The number of methoxy groups -OCH3 is 1. The van der Waals surface area contributed by atoms with Crippen molar-refractivity contribution in [1.29, 1.82) is 0 Å². The van der Waals surface area contributed by atoms with Crippen LogP contribution in [0.25, 0.3) is 0 Å². The zero-order valence-corrected chi connectivity index (χ0v) is 20.5. The average Bonchev–Trinajstić information content (AvgIpc) is 3.42. The first-order valence-corrected chi connectivity index (χ1v) is 13.1. The van der Waals surface area contributed by atoms with Gasteiger partial charge in [0.25, 0.3) is 0 Å². The molecule has 2 aromatic carbocycles. The van der Waals surface area contributed by atoms with Gasteiger partial charge in [-0.3, -0.25) is 4.98 Å². The third-order valence-electron chi connectivity index (χ3n) is 6.12. The van der Waals surface area contributed by atoms with Crippen molar-refractivity contribution in [2.24, 2.45) is 0 Å². The van der Waals surface area contributed by atoms with Gasteiger partial charge in [0.2, 0.25) is 10.0 Å². The summed E-state index contributed by atoms with van der Waals surface area (Å²) in [7, 11) is -2.12. The van der Waals surface area contributed by atoms with Gasteiger partial charge in [0.05, 0.1) is 12.0 Å². The van der Waals surface area contributed by atoms with Crippen molar-refractivity contribution < 1.29 is 17.9 Å². The Morgan fingerprint density at radius 2 is 1.74 bits per heavy atom. The summed E-state index contributed by atoms with van der Waals surface area (Å²) in [5.41, 5.74) is 2.30. The summed E-state index contributed by atoms with van der Waals surface area (Å²) in [5, 5.41) is 5.49. The van der Waals surface area contributed by atoms with Crippen molar-refractivity contribution in [2.45, 2.75) is 49.7 Å². The molecule has 35 heavy (non-hydrogen) atoms. The van der Waals surface area contributed by atoms with Gasteiger partial charge in [-0.05, 0) is 66.4 Å². The van der Waals surface area contributed by atoms with E-state index in [0.29, 0.717) is 18.8 Å². The molecule has 4 rings (SSSR count). The Kier molecular flexibility index (Phi) is 7.99. The van der Waals surface area contributed by atoms with Crippen LogP contribution in [0.5, 0.6) is 5.75 Å². The first-order chi connectivity index (χ1) is 17.0. The second-order valence-corrected chi connectivity index (χ2v) is 10.4. The van der Waals surface area contributed by atoms with Crippen LogP contribution in [0.2, 0.25) is 0 Å². The molecule has 1 saturated carbocycles. The second kappa shape index (κ2) is 11.3. The van der Waals surface area contributed by atoms with Crippen molar-refractivity contribution >= 4 is 21.7 Å². The van der Waals surface area contributed by atoms with Gasteiger partial charge >= 0.3 is 6.03 Å². The standard InChI is InChI=1S/C26H30N4O4S/c1-34-24-12-8-20(9-13-24)19-30(23-6-2-3-7-23)35(32,33)25-14-10-22(11-15-25)29-26(31)28-18-21-5-4-16-27-17-21/h4-5,8-17,23H,2-3,6-7,18-19H2,1H3,(H2,28,29,31). The fourth-order valence-electron chi connectivity index (χ4n) is 4.22. The Morgan fingerprint density at radius 3 is 2.37 bits per heavy atom. The van der Waals surface area contributed by atoms with E-state index in [0.717, 1.165) is 42.6 Å². The largest absolute Gasteiger partial charge is 0.497 e. The molecular weight excluding hydrogens is 464 g/mol. The Bertz CT molecular complexity index is 1210. The molecule has 184 valence electrons. The van der Waals surface area contributed by atoms with E-state index in [1.54, 1.807) is 54.1 Å². The summed E-state index contributed by atoms with van der Waals surface area (Å²) >= 11 is 0. The van der Waals surface area contributed by atoms with Gasteiger partial charge < -0.3 is 15.4 Å². The minimum Gasteiger partial charge on any atom is -0.497 e. The molecule has 1 heterocycles. The lowest BCUT2D eigenvalue weighted by Crippen LogP contribution is -2.38. The predicted molar refractivity (Wildman–Crippen MR) is 135 cm³/mol. The first-order valence-electron chi connectivity index (χ1n) is 11.6. The molecule has 1 fully saturated rings. The second-order valence-electron chi connectivity index (χ2n) is 8.53. The Hall–Kier alpha value is -3.43. The van der Waals surface area contributed by atoms with Crippen LogP contribution >= 0.6 is 0 Å². The number of anilines is 1. The molecule has 1 aliphatic rings. The van der Waals surface area contributed by atoms with E-state index in [4.69, 9.17) is 4.74 Å². The van der Waals surface area contributed by atoms with Gasteiger partial charge in [-0.25, -0.2) is 13.2 Å². The molecule has 9 heteroatoms. The summed E-state index contributed by atoms with van der Waals surface area (Å²) in [6.07, 6.45) is 7.11. The lowest BCUT2D eigenvalue weighted by molar-refractivity contribution is 0.251. The number of sulfonamides is 1. The molecule has 1 aromatic heterocycles. The Labute approximate surface area is 206 Å². The molecule has 0 aliphatic heterocycles. The summed E-state index contributed by atoms with van der Waals surface area (Å²) in [6, 6.07) is 17.0. The molecule has 0 saturated heterocycles. The van der Waals surface area contributed by atoms with Crippen molar-refractivity contribution in [3.8, 4) is 5.75 Å². The highest BCUT2D eigenvalue weighted by Gasteiger charge is 2.33. The van der Waals surface area contributed by atoms with E-state index >= 15 is 0 Å². The minimum absolute atomic E-state index is 0.0295. The number of hydrogen-bond acceptors (Lipinski definition) is 5. The molecule has 0 spiro atoms. The molecule has 0 bridgehead atoms. The zero-order chi connectivity index (χ0) is 24.7. The van der Waals surface area contributed by atoms with Gasteiger partial charge in [0.1, 0.15) is 5.75 Å². The maximum absolute atomic E-state index is 13.6. The number of urea groups is 1. The van der Waals surface area contributed by atoms with Crippen LogP contribution in [0, 0.1) is 0 Å². The fraction of sp³-hybridized carbons (Fsp3) is 0.308. The number of ether oxygens (including phenoxy) is 1. The molecule has 0 unspecified atom stereocenters. The topological polar surface area (TPSA) is 101 Å². The average molecular weight is 495 g/mol. The van der Waals surface area contributed by atoms with Crippen molar-refractivity contribution in [2.75, 3.05) is 12.4 Å². The third-order valence-corrected chi connectivity index (χ3v) is 8.04. The smallest absolute Gasteiger partial charge is 0.319 e. The normalized spacial score (nSPS) is 14.1. The van der Waals surface area contributed by atoms with Gasteiger partial charge in [-0.1, -0.05) is 31.0 Å². The lowest BCUT2D eigenvalue weighted by Gasteiger charge is -2.28.